The van der Waals surface area contributed by atoms with Crippen LogP contribution < -0.4 is 5.32 Å². The molecule has 1 N–H and O–H groups in total. The van der Waals surface area contributed by atoms with E-state index >= 15 is 0 Å². The van der Waals surface area contributed by atoms with E-state index < -0.39 is 0 Å². The van der Waals surface area contributed by atoms with E-state index in [1.807, 2.05) is 23.1 Å². The molecule has 0 fully saturated rings. The van der Waals surface area contributed by atoms with Gasteiger partial charge in [-0.25, -0.2) is 4.98 Å². The maximum Gasteiger partial charge on any atom is 0.223 e. The van der Waals surface area contributed by atoms with Crippen LogP contribution in [-0.4, -0.2) is 49.6 Å². The highest BCUT2D eigenvalue weighted by Crippen LogP contribution is 2.24. The third-order valence-electron chi connectivity index (χ3n) is 5.69. The molecule has 3 aromatic rings. The van der Waals surface area contributed by atoms with E-state index in [2.05, 4.69) is 45.0 Å². The average molecular weight is 455 g/mol. The molecule has 0 saturated carbocycles. The fourth-order valence-corrected chi connectivity index (χ4v) is 5.16. The number of para-hydroxylation sites is 1. The maximum absolute atomic E-state index is 12.9. The number of nitrogens with zero attached hydrogens (tertiary/aromatic N) is 5. The molecular weight excluding hydrogens is 424 g/mol. The van der Waals surface area contributed by atoms with Crippen molar-refractivity contribution in [2.24, 2.45) is 5.92 Å². The molecule has 32 heavy (non-hydrogen) atoms. The van der Waals surface area contributed by atoms with Gasteiger partial charge in [0.1, 0.15) is 5.82 Å². The summed E-state index contributed by atoms with van der Waals surface area (Å²) in [7, 11) is 0. The Kier molecular flexibility index (Phi) is 6.83. The number of rotatable bonds is 7. The van der Waals surface area contributed by atoms with Crippen LogP contribution in [0.15, 0.2) is 24.3 Å². The van der Waals surface area contributed by atoms with Gasteiger partial charge in [-0.15, -0.1) is 21.5 Å². The second kappa shape index (κ2) is 9.77. The number of hydrogen-bond acceptors (Lipinski definition) is 6. The van der Waals surface area contributed by atoms with Crippen LogP contribution in [0.25, 0.3) is 10.2 Å². The largest absolute Gasteiger partial charge is 0.346 e. The summed E-state index contributed by atoms with van der Waals surface area (Å²) in [6.07, 6.45) is 2.57. The van der Waals surface area contributed by atoms with Gasteiger partial charge in [0.2, 0.25) is 11.8 Å². The average Bonchev–Trinajstić information content (AvgIpc) is 3.28. The quantitative estimate of drug-likeness (QED) is 0.592. The summed E-state index contributed by atoms with van der Waals surface area (Å²) >= 11 is 1.66. The molecule has 0 radical (unpaired) electrons. The minimum Gasteiger partial charge on any atom is -0.346 e. The molecule has 170 valence electrons. The van der Waals surface area contributed by atoms with Crippen molar-refractivity contribution >= 4 is 33.4 Å². The Morgan fingerprint density at radius 2 is 1.97 bits per heavy atom. The first-order valence-electron chi connectivity index (χ1n) is 11.2. The molecule has 1 aliphatic heterocycles. The van der Waals surface area contributed by atoms with Crippen molar-refractivity contribution in [2.45, 2.75) is 59.0 Å². The fraction of sp³-hybridized carbons (Fsp3) is 0.522. The zero-order chi connectivity index (χ0) is 22.7. The van der Waals surface area contributed by atoms with Crippen molar-refractivity contribution in [3.8, 4) is 0 Å². The number of benzene rings is 1. The molecule has 2 amide bonds. The summed E-state index contributed by atoms with van der Waals surface area (Å²) in [5.74, 6) is 2.14. The normalized spacial score (nSPS) is 14.9. The second-order valence-electron chi connectivity index (χ2n) is 8.71. The van der Waals surface area contributed by atoms with E-state index in [1.165, 1.54) is 6.92 Å². The third kappa shape index (κ3) is 5.15. The molecule has 9 heteroatoms. The first kappa shape index (κ1) is 22.4. The summed E-state index contributed by atoms with van der Waals surface area (Å²) < 4.78 is 3.24. The summed E-state index contributed by atoms with van der Waals surface area (Å²) in [5.41, 5.74) is 0.996. The minimum atomic E-state index is -0.171. The molecule has 1 unspecified atom stereocenters. The van der Waals surface area contributed by atoms with E-state index in [1.54, 1.807) is 11.3 Å². The van der Waals surface area contributed by atoms with E-state index in [0.29, 0.717) is 44.8 Å². The van der Waals surface area contributed by atoms with Gasteiger partial charge in [-0.1, -0.05) is 26.0 Å². The van der Waals surface area contributed by atoms with E-state index in [0.717, 1.165) is 33.3 Å². The molecule has 8 nitrogen and oxygen atoms in total. The van der Waals surface area contributed by atoms with Gasteiger partial charge >= 0.3 is 0 Å². The SMILES string of the molecule is CC(=O)NC(CC(C)C)c1nnc2n1CCN(C(=O)CCc1nc3ccccc3s1)CC2. The van der Waals surface area contributed by atoms with Gasteiger partial charge in [-0.05, 0) is 24.5 Å². The lowest BCUT2D eigenvalue weighted by Crippen LogP contribution is -2.34. The Balaban J connectivity index is 1.39. The molecule has 1 aliphatic rings. The van der Waals surface area contributed by atoms with Gasteiger partial charge < -0.3 is 14.8 Å². The number of aromatic nitrogens is 4. The summed E-state index contributed by atoms with van der Waals surface area (Å²) in [6, 6.07) is 7.89. The summed E-state index contributed by atoms with van der Waals surface area (Å²) in [5, 5.41) is 12.8. The zero-order valence-electron chi connectivity index (χ0n) is 18.9. The molecule has 0 saturated heterocycles. The van der Waals surface area contributed by atoms with Crippen LogP contribution in [0.2, 0.25) is 0 Å². The number of carbonyl (C=O) groups excluding carboxylic acids is 2. The molecule has 4 rings (SSSR count). The number of nitrogens with one attached hydrogen (secondary N) is 1. The Bertz CT molecular complexity index is 1070. The lowest BCUT2D eigenvalue weighted by atomic mass is 10.0. The number of aryl methyl sites for hydroxylation is 1. The zero-order valence-corrected chi connectivity index (χ0v) is 19.7. The molecule has 1 aromatic carbocycles. The van der Waals surface area contributed by atoms with Crippen molar-refractivity contribution in [3.05, 3.63) is 40.9 Å². The molecule has 0 spiro atoms. The predicted octanol–water partition coefficient (Wildman–Crippen LogP) is 3.13. The van der Waals surface area contributed by atoms with Crippen molar-refractivity contribution < 1.29 is 9.59 Å². The van der Waals surface area contributed by atoms with Crippen LogP contribution in [0.3, 0.4) is 0 Å². The van der Waals surface area contributed by atoms with Gasteiger partial charge in [0.05, 0.1) is 21.3 Å². The smallest absolute Gasteiger partial charge is 0.223 e. The predicted molar refractivity (Wildman–Crippen MR) is 124 cm³/mol. The van der Waals surface area contributed by atoms with Crippen molar-refractivity contribution in [3.63, 3.8) is 0 Å². The van der Waals surface area contributed by atoms with Crippen LogP contribution in [0.1, 0.15) is 56.3 Å². The fourth-order valence-electron chi connectivity index (χ4n) is 4.20. The van der Waals surface area contributed by atoms with Gasteiger partial charge in [0, 0.05) is 45.8 Å². The molecule has 0 aliphatic carbocycles. The first-order valence-corrected chi connectivity index (χ1v) is 12.0. The monoisotopic (exact) mass is 454 g/mol. The van der Waals surface area contributed by atoms with Crippen molar-refractivity contribution in [1.82, 2.24) is 30.0 Å². The van der Waals surface area contributed by atoms with E-state index in [-0.39, 0.29) is 17.9 Å². The minimum absolute atomic E-state index is 0.0757. The topological polar surface area (TPSA) is 93.0 Å². The Morgan fingerprint density at radius 3 is 2.72 bits per heavy atom. The lowest BCUT2D eigenvalue weighted by Gasteiger charge is -2.22. The number of amides is 2. The maximum atomic E-state index is 12.9. The van der Waals surface area contributed by atoms with E-state index in [4.69, 9.17) is 0 Å². The standard InChI is InChI=1S/C23H30N6O2S/c1-15(2)14-18(24-16(3)30)23-27-26-20-10-11-28(12-13-29(20)23)22(31)9-8-21-25-17-6-4-5-7-19(17)32-21/h4-7,15,18H,8-14H2,1-3H3,(H,24,30). The van der Waals surface area contributed by atoms with Crippen molar-refractivity contribution in [2.75, 3.05) is 13.1 Å². The van der Waals surface area contributed by atoms with Crippen LogP contribution in [0.5, 0.6) is 0 Å². The highest BCUT2D eigenvalue weighted by Gasteiger charge is 2.26. The molecule has 3 heterocycles. The van der Waals surface area contributed by atoms with Crippen LogP contribution >= 0.6 is 11.3 Å². The lowest BCUT2D eigenvalue weighted by molar-refractivity contribution is -0.131. The Labute approximate surface area is 192 Å². The Morgan fingerprint density at radius 1 is 1.16 bits per heavy atom. The summed E-state index contributed by atoms with van der Waals surface area (Å²) in [4.78, 5) is 31.2. The highest BCUT2D eigenvalue weighted by molar-refractivity contribution is 7.18. The second-order valence-corrected chi connectivity index (χ2v) is 9.83. The van der Waals surface area contributed by atoms with Gasteiger partial charge in [0.15, 0.2) is 5.82 Å². The molecule has 0 bridgehead atoms. The number of hydrogen-bond donors (Lipinski definition) is 1. The van der Waals surface area contributed by atoms with Gasteiger partial charge in [-0.2, -0.15) is 0 Å². The Hall–Kier alpha value is -2.81. The van der Waals surface area contributed by atoms with Crippen molar-refractivity contribution in [1.29, 1.82) is 0 Å². The first-order chi connectivity index (χ1) is 15.4. The molecule has 1 atom stereocenters. The number of carbonyl (C=O) groups is 2. The summed E-state index contributed by atoms with van der Waals surface area (Å²) in [6.45, 7) is 7.66. The third-order valence-corrected chi connectivity index (χ3v) is 6.79. The molecule has 2 aromatic heterocycles. The van der Waals surface area contributed by atoms with Gasteiger partial charge in [0.25, 0.3) is 0 Å². The number of thiazole rings is 1. The van der Waals surface area contributed by atoms with Crippen LogP contribution in [0, 0.1) is 5.92 Å². The number of fused-ring (bicyclic) bond motifs is 2. The molecular formula is C23H30N6O2S. The van der Waals surface area contributed by atoms with Crippen LogP contribution in [-0.2, 0) is 29.0 Å². The highest BCUT2D eigenvalue weighted by atomic mass is 32.1. The van der Waals surface area contributed by atoms with Crippen LogP contribution in [0.4, 0.5) is 0 Å². The van der Waals surface area contributed by atoms with Gasteiger partial charge in [-0.3, -0.25) is 9.59 Å². The van der Waals surface area contributed by atoms with E-state index in [9.17, 15) is 9.59 Å².